The number of nitrogens with zero attached hydrogens (tertiary/aromatic N) is 5. The fraction of sp³-hybridized carbons (Fsp3) is 0.333. The largest absolute Gasteiger partial charge is 0.490 e. The molecule has 2 aromatic heterocycles. The van der Waals surface area contributed by atoms with Gasteiger partial charge in [-0.05, 0) is 51.3 Å². The standard InChI is InChI=1S/C36H37N7O4S2/c1-22-6-8-26(9-7-22)34-41-27(20-48-34)21-49-35-30(19-38)31(29(18-37)32(42-35)43-14-4-5-15-43)25-10-12-28(13-11-25)46-16-17-47-36(45)24(3)40-33(44)23(2)39/h6-13,20,23-24H,4-5,14-17,21,39H2,1-3H3,(H,40,44)/t23-,24-/m0/s1. The number of nitrogens with two attached hydrogens (primary N) is 1. The lowest BCUT2D eigenvalue weighted by atomic mass is 9.96. The number of hydrogen-bond acceptors (Lipinski definition) is 12. The first-order chi connectivity index (χ1) is 23.7. The van der Waals surface area contributed by atoms with Gasteiger partial charge in [0.05, 0.1) is 17.3 Å². The van der Waals surface area contributed by atoms with Crippen molar-refractivity contribution in [3.63, 3.8) is 0 Å². The highest BCUT2D eigenvalue weighted by molar-refractivity contribution is 7.98. The topological polar surface area (TPSA) is 167 Å². The van der Waals surface area contributed by atoms with Crippen LogP contribution in [0.1, 0.15) is 49.1 Å². The van der Waals surface area contributed by atoms with Gasteiger partial charge in [0.25, 0.3) is 0 Å². The Kier molecular flexibility index (Phi) is 11.9. The van der Waals surface area contributed by atoms with Gasteiger partial charge in [-0.25, -0.2) is 14.8 Å². The fourth-order valence-electron chi connectivity index (χ4n) is 5.20. The molecule has 49 heavy (non-hydrogen) atoms. The van der Waals surface area contributed by atoms with Crippen LogP contribution in [0.25, 0.3) is 21.7 Å². The summed E-state index contributed by atoms with van der Waals surface area (Å²) in [6.07, 6.45) is 2.01. The maximum absolute atomic E-state index is 12.2. The van der Waals surface area contributed by atoms with E-state index < -0.39 is 24.0 Å². The summed E-state index contributed by atoms with van der Waals surface area (Å²) in [5, 5.41) is 26.8. The third-order valence-electron chi connectivity index (χ3n) is 7.85. The molecule has 1 aliphatic heterocycles. The van der Waals surface area contributed by atoms with E-state index in [1.165, 1.54) is 31.2 Å². The van der Waals surface area contributed by atoms with E-state index in [9.17, 15) is 20.1 Å². The van der Waals surface area contributed by atoms with Crippen molar-refractivity contribution in [1.82, 2.24) is 15.3 Å². The number of ether oxygens (including phenoxy) is 2. The lowest BCUT2D eigenvalue weighted by molar-refractivity contribution is -0.148. The number of thioether (sulfide) groups is 1. The highest BCUT2D eigenvalue weighted by Gasteiger charge is 2.26. The quantitative estimate of drug-likeness (QED) is 0.102. The highest BCUT2D eigenvalue weighted by Crippen LogP contribution is 2.40. The van der Waals surface area contributed by atoms with Gasteiger partial charge < -0.3 is 25.4 Å². The average Bonchev–Trinajstić information content (AvgIpc) is 3.82. The first-order valence-electron chi connectivity index (χ1n) is 15.9. The first-order valence-corrected chi connectivity index (χ1v) is 17.8. The lowest BCUT2D eigenvalue weighted by Gasteiger charge is -2.22. The SMILES string of the molecule is Cc1ccc(-c2nc(CSc3nc(N4CCCC4)c(C#N)c(-c4ccc(OCCOC(=O)[C@H](C)NC(=O)[C@H](C)N)cc4)c3C#N)cs2)cc1. The van der Waals surface area contributed by atoms with Crippen LogP contribution in [0.3, 0.4) is 0 Å². The maximum Gasteiger partial charge on any atom is 0.328 e. The Hall–Kier alpha value is -4.95. The number of nitrogens with one attached hydrogen (secondary N) is 1. The summed E-state index contributed by atoms with van der Waals surface area (Å²) >= 11 is 3.02. The Morgan fingerprint density at radius 3 is 2.33 bits per heavy atom. The van der Waals surface area contributed by atoms with Crippen molar-refractivity contribution in [2.75, 3.05) is 31.2 Å². The van der Waals surface area contributed by atoms with Crippen LogP contribution in [-0.2, 0) is 20.1 Å². The van der Waals surface area contributed by atoms with Crippen LogP contribution in [0.2, 0.25) is 0 Å². The van der Waals surface area contributed by atoms with Gasteiger partial charge >= 0.3 is 5.97 Å². The van der Waals surface area contributed by atoms with Gasteiger partial charge in [0.2, 0.25) is 5.91 Å². The number of aryl methyl sites for hydroxylation is 1. The van der Waals surface area contributed by atoms with Crippen molar-refractivity contribution in [2.45, 2.75) is 56.5 Å². The van der Waals surface area contributed by atoms with Crippen LogP contribution in [0.15, 0.2) is 58.9 Å². The number of carbonyl (C=O) groups excluding carboxylic acids is 2. The molecule has 11 nitrogen and oxygen atoms in total. The van der Waals surface area contributed by atoms with Crippen molar-refractivity contribution in [3.8, 4) is 39.6 Å². The average molecular weight is 696 g/mol. The number of esters is 1. The number of hydrogen-bond donors (Lipinski definition) is 2. The first kappa shape index (κ1) is 35.4. The molecule has 0 saturated carbocycles. The van der Waals surface area contributed by atoms with Crippen molar-refractivity contribution >= 4 is 40.8 Å². The van der Waals surface area contributed by atoms with E-state index in [2.05, 4.69) is 53.5 Å². The molecule has 3 N–H and O–H groups in total. The third-order valence-corrected chi connectivity index (χ3v) is 9.80. The van der Waals surface area contributed by atoms with Crippen molar-refractivity contribution < 1.29 is 19.1 Å². The molecule has 1 aliphatic rings. The molecule has 0 unspecified atom stereocenters. The molecule has 1 fully saturated rings. The van der Waals surface area contributed by atoms with Gasteiger partial charge in [0.1, 0.15) is 58.6 Å². The van der Waals surface area contributed by atoms with Crippen molar-refractivity contribution in [3.05, 3.63) is 76.3 Å². The second kappa shape index (κ2) is 16.4. The van der Waals surface area contributed by atoms with Gasteiger partial charge in [-0.1, -0.05) is 53.7 Å². The van der Waals surface area contributed by atoms with Crippen LogP contribution in [0.5, 0.6) is 5.75 Å². The number of pyridine rings is 1. The molecule has 0 bridgehead atoms. The monoisotopic (exact) mass is 695 g/mol. The molecule has 0 spiro atoms. The van der Waals surface area contributed by atoms with Gasteiger partial charge in [0, 0.05) is 35.3 Å². The molecule has 252 valence electrons. The Labute approximate surface area is 294 Å². The van der Waals surface area contributed by atoms with E-state index in [0.29, 0.717) is 44.6 Å². The number of benzene rings is 2. The van der Waals surface area contributed by atoms with Crippen LogP contribution in [-0.4, -0.2) is 60.2 Å². The molecule has 0 aliphatic carbocycles. The summed E-state index contributed by atoms with van der Waals surface area (Å²) in [5.74, 6) is 0.584. The Morgan fingerprint density at radius 1 is 1.00 bits per heavy atom. The maximum atomic E-state index is 12.2. The number of amides is 1. The second-order valence-electron chi connectivity index (χ2n) is 11.6. The normalized spacial score (nSPS) is 13.6. The molecule has 1 saturated heterocycles. The van der Waals surface area contributed by atoms with Gasteiger partial charge in [-0.15, -0.1) is 11.3 Å². The highest BCUT2D eigenvalue weighted by atomic mass is 32.2. The summed E-state index contributed by atoms with van der Waals surface area (Å²) in [6, 6.07) is 18.5. The predicted octanol–water partition coefficient (Wildman–Crippen LogP) is 5.59. The smallest absolute Gasteiger partial charge is 0.328 e. The van der Waals surface area contributed by atoms with E-state index in [4.69, 9.17) is 25.2 Å². The molecule has 5 rings (SSSR count). The number of nitriles is 2. The third kappa shape index (κ3) is 8.75. The molecule has 0 radical (unpaired) electrons. The number of aromatic nitrogens is 2. The molecule has 2 atom stereocenters. The molecule has 1 amide bonds. The zero-order chi connectivity index (χ0) is 34.9. The molecule has 4 aromatic rings. The molecular formula is C36H37N7O4S2. The number of thiazole rings is 1. The van der Waals surface area contributed by atoms with Crippen molar-refractivity contribution in [1.29, 1.82) is 10.5 Å². The van der Waals surface area contributed by atoms with E-state index in [1.807, 2.05) is 5.38 Å². The molecule has 2 aromatic carbocycles. The minimum Gasteiger partial charge on any atom is -0.490 e. The second-order valence-corrected chi connectivity index (χ2v) is 13.5. The van der Waals surface area contributed by atoms with Crippen LogP contribution in [0, 0.1) is 29.6 Å². The van der Waals surface area contributed by atoms with E-state index in [-0.39, 0.29) is 13.2 Å². The minimum absolute atomic E-state index is 0.0221. The summed E-state index contributed by atoms with van der Waals surface area (Å²) in [6.45, 7) is 6.74. The van der Waals surface area contributed by atoms with E-state index in [0.717, 1.165) is 42.2 Å². The van der Waals surface area contributed by atoms with Crippen LogP contribution in [0.4, 0.5) is 5.82 Å². The Balaban J connectivity index is 1.33. The Bertz CT molecular complexity index is 1870. The Morgan fingerprint density at radius 2 is 1.67 bits per heavy atom. The fourth-order valence-corrected chi connectivity index (χ4v) is 7.01. The summed E-state index contributed by atoms with van der Waals surface area (Å²) in [5.41, 5.74) is 10.6. The van der Waals surface area contributed by atoms with Crippen molar-refractivity contribution in [2.24, 2.45) is 5.73 Å². The van der Waals surface area contributed by atoms with Crippen LogP contribution < -0.4 is 20.7 Å². The van der Waals surface area contributed by atoms with Gasteiger partial charge in [-0.3, -0.25) is 4.79 Å². The van der Waals surface area contributed by atoms with E-state index >= 15 is 0 Å². The molecule has 3 heterocycles. The number of rotatable bonds is 13. The molecule has 13 heteroatoms. The van der Waals surface area contributed by atoms with Crippen LogP contribution >= 0.6 is 23.1 Å². The summed E-state index contributed by atoms with van der Waals surface area (Å²) < 4.78 is 11.0. The predicted molar refractivity (Wildman–Crippen MR) is 190 cm³/mol. The minimum atomic E-state index is -0.840. The van der Waals surface area contributed by atoms with Gasteiger partial charge in [0.15, 0.2) is 0 Å². The number of carbonyl (C=O) groups is 2. The number of anilines is 1. The summed E-state index contributed by atoms with van der Waals surface area (Å²) in [7, 11) is 0. The van der Waals surface area contributed by atoms with E-state index in [1.54, 1.807) is 35.6 Å². The lowest BCUT2D eigenvalue weighted by Crippen LogP contribution is -2.46. The van der Waals surface area contributed by atoms with Gasteiger partial charge in [-0.2, -0.15) is 10.5 Å². The zero-order valence-electron chi connectivity index (χ0n) is 27.6. The zero-order valence-corrected chi connectivity index (χ0v) is 29.2. The summed E-state index contributed by atoms with van der Waals surface area (Å²) in [4.78, 5) is 35.8. The molecular weight excluding hydrogens is 659 g/mol.